The second-order valence-electron chi connectivity index (χ2n) is 7.21. The van der Waals surface area contributed by atoms with Crippen LogP contribution in [0.2, 0.25) is 18.1 Å². The standard InChI is InChI=1S/C22H38O3Si/c1-7-20(24-6)22(23)18(5)21(25-26(8-2,9-3)10-4)17-16-19-14-12-11-13-15-19/h7,11-15,18,20-23H,1,8-10,16-17H2,2-6H3/t18-,20-,21+,22+/m0/s1. The van der Waals surface area contributed by atoms with E-state index in [-0.39, 0.29) is 18.1 Å². The van der Waals surface area contributed by atoms with Gasteiger partial charge in [0.25, 0.3) is 0 Å². The molecule has 1 rings (SSSR count). The third-order valence-corrected chi connectivity index (χ3v) is 10.5. The molecule has 1 N–H and O–H groups in total. The molecule has 0 saturated carbocycles. The van der Waals surface area contributed by atoms with Gasteiger partial charge in [0.05, 0.1) is 12.2 Å². The van der Waals surface area contributed by atoms with E-state index in [1.54, 1.807) is 13.2 Å². The van der Waals surface area contributed by atoms with E-state index in [1.165, 1.54) is 5.56 Å². The molecule has 4 atom stereocenters. The number of aryl methyl sites for hydroxylation is 1. The molecular formula is C22H38O3Si. The molecule has 1 aromatic carbocycles. The Morgan fingerprint density at radius 3 is 2.15 bits per heavy atom. The Bertz CT molecular complexity index is 493. The fourth-order valence-corrected chi connectivity index (χ4v) is 6.57. The van der Waals surface area contributed by atoms with Gasteiger partial charge in [0.1, 0.15) is 6.10 Å². The largest absolute Gasteiger partial charge is 0.414 e. The summed E-state index contributed by atoms with van der Waals surface area (Å²) in [5.74, 6) is -0.0156. The second kappa shape index (κ2) is 11.7. The zero-order valence-electron chi connectivity index (χ0n) is 17.3. The third kappa shape index (κ3) is 6.34. The second-order valence-corrected chi connectivity index (χ2v) is 11.9. The highest BCUT2D eigenvalue weighted by Gasteiger charge is 2.37. The first kappa shape index (κ1) is 23.1. The number of ether oxygens (including phenoxy) is 1. The molecular weight excluding hydrogens is 340 g/mol. The number of hydrogen-bond acceptors (Lipinski definition) is 3. The van der Waals surface area contributed by atoms with Gasteiger partial charge >= 0.3 is 0 Å². The minimum Gasteiger partial charge on any atom is -0.414 e. The highest BCUT2D eigenvalue weighted by atomic mass is 28.4. The van der Waals surface area contributed by atoms with Crippen molar-refractivity contribution in [2.75, 3.05) is 7.11 Å². The molecule has 26 heavy (non-hydrogen) atoms. The maximum atomic E-state index is 10.8. The van der Waals surface area contributed by atoms with E-state index >= 15 is 0 Å². The number of aliphatic hydroxyl groups excluding tert-OH is 1. The van der Waals surface area contributed by atoms with Crippen LogP contribution in [0, 0.1) is 5.92 Å². The summed E-state index contributed by atoms with van der Waals surface area (Å²) in [6, 6.07) is 13.8. The van der Waals surface area contributed by atoms with Gasteiger partial charge in [0, 0.05) is 13.0 Å². The molecule has 0 unspecified atom stereocenters. The molecule has 0 aromatic heterocycles. The Labute approximate surface area is 161 Å². The Balaban J connectivity index is 2.97. The Kier molecular flexibility index (Phi) is 10.4. The molecule has 3 nitrogen and oxygen atoms in total. The van der Waals surface area contributed by atoms with Gasteiger partial charge in [-0.1, -0.05) is 64.1 Å². The van der Waals surface area contributed by atoms with Crippen molar-refractivity contribution in [2.45, 2.75) is 77.0 Å². The van der Waals surface area contributed by atoms with Gasteiger partial charge in [-0.3, -0.25) is 0 Å². The molecule has 148 valence electrons. The fourth-order valence-electron chi connectivity index (χ4n) is 3.60. The van der Waals surface area contributed by atoms with Crippen LogP contribution in [-0.2, 0) is 15.6 Å². The molecule has 0 bridgehead atoms. The fraction of sp³-hybridized carbons (Fsp3) is 0.636. The van der Waals surface area contributed by atoms with Crippen molar-refractivity contribution in [1.82, 2.24) is 0 Å². The van der Waals surface area contributed by atoms with E-state index in [0.717, 1.165) is 31.0 Å². The van der Waals surface area contributed by atoms with E-state index in [9.17, 15) is 5.11 Å². The van der Waals surface area contributed by atoms with Crippen molar-refractivity contribution in [2.24, 2.45) is 5.92 Å². The lowest BCUT2D eigenvalue weighted by Gasteiger charge is -2.38. The SMILES string of the molecule is C=C[C@H](OC)[C@H](O)[C@@H](C)[C@@H](CCc1ccccc1)O[Si](CC)(CC)CC. The maximum Gasteiger partial charge on any atom is 0.192 e. The van der Waals surface area contributed by atoms with Crippen molar-refractivity contribution in [3.8, 4) is 0 Å². The molecule has 0 spiro atoms. The molecule has 0 aliphatic rings. The predicted octanol–water partition coefficient (Wildman–Crippen LogP) is 5.21. The average Bonchev–Trinajstić information content (AvgIpc) is 2.70. The quantitative estimate of drug-likeness (QED) is 0.378. The number of aliphatic hydroxyl groups is 1. The predicted molar refractivity (Wildman–Crippen MR) is 113 cm³/mol. The Hall–Kier alpha value is -0.943. The van der Waals surface area contributed by atoms with Crippen LogP contribution >= 0.6 is 0 Å². The number of rotatable bonds is 13. The summed E-state index contributed by atoms with van der Waals surface area (Å²) in [7, 11) is -0.144. The maximum absolute atomic E-state index is 10.8. The van der Waals surface area contributed by atoms with Gasteiger partial charge in [-0.05, 0) is 36.5 Å². The van der Waals surface area contributed by atoms with Crippen molar-refractivity contribution in [3.63, 3.8) is 0 Å². The molecule has 0 heterocycles. The van der Waals surface area contributed by atoms with E-state index in [2.05, 4.69) is 58.5 Å². The molecule has 0 amide bonds. The lowest BCUT2D eigenvalue weighted by Crippen LogP contribution is -2.46. The highest BCUT2D eigenvalue weighted by molar-refractivity contribution is 6.73. The molecule has 0 aliphatic carbocycles. The Morgan fingerprint density at radius 1 is 1.12 bits per heavy atom. The van der Waals surface area contributed by atoms with Crippen LogP contribution < -0.4 is 0 Å². The van der Waals surface area contributed by atoms with Gasteiger partial charge < -0.3 is 14.3 Å². The van der Waals surface area contributed by atoms with Crippen LogP contribution in [0.4, 0.5) is 0 Å². The first-order valence-electron chi connectivity index (χ1n) is 10.0. The summed E-state index contributed by atoms with van der Waals surface area (Å²) >= 11 is 0. The van der Waals surface area contributed by atoms with E-state index in [1.807, 2.05) is 6.07 Å². The normalized spacial score (nSPS) is 16.7. The van der Waals surface area contributed by atoms with Crippen molar-refractivity contribution < 1.29 is 14.3 Å². The van der Waals surface area contributed by atoms with Crippen LogP contribution in [0.5, 0.6) is 0 Å². The van der Waals surface area contributed by atoms with Crippen molar-refractivity contribution >= 4 is 8.32 Å². The average molecular weight is 379 g/mol. The zero-order chi connectivity index (χ0) is 19.6. The summed E-state index contributed by atoms with van der Waals surface area (Å²) in [5.41, 5.74) is 1.31. The molecule has 4 heteroatoms. The topological polar surface area (TPSA) is 38.7 Å². The first-order valence-corrected chi connectivity index (χ1v) is 12.5. The highest BCUT2D eigenvalue weighted by Crippen LogP contribution is 2.30. The monoisotopic (exact) mass is 378 g/mol. The van der Waals surface area contributed by atoms with Gasteiger partial charge in [-0.2, -0.15) is 0 Å². The van der Waals surface area contributed by atoms with E-state index in [0.29, 0.717) is 0 Å². The van der Waals surface area contributed by atoms with Gasteiger partial charge in [0.15, 0.2) is 8.32 Å². The van der Waals surface area contributed by atoms with Gasteiger partial charge in [-0.15, -0.1) is 6.58 Å². The lowest BCUT2D eigenvalue weighted by molar-refractivity contribution is -0.0464. The van der Waals surface area contributed by atoms with Gasteiger partial charge in [-0.25, -0.2) is 0 Å². The van der Waals surface area contributed by atoms with Crippen LogP contribution in [0.15, 0.2) is 43.0 Å². The van der Waals surface area contributed by atoms with Crippen molar-refractivity contribution in [3.05, 3.63) is 48.6 Å². The van der Waals surface area contributed by atoms with E-state index < -0.39 is 14.4 Å². The van der Waals surface area contributed by atoms with E-state index in [4.69, 9.17) is 9.16 Å². The number of benzene rings is 1. The molecule has 0 fully saturated rings. The summed E-state index contributed by atoms with van der Waals surface area (Å²) in [6.45, 7) is 12.6. The third-order valence-electron chi connectivity index (χ3n) is 5.86. The van der Waals surface area contributed by atoms with Crippen LogP contribution in [0.1, 0.15) is 39.7 Å². The number of methoxy groups -OCH3 is 1. The minimum atomic E-state index is -1.76. The van der Waals surface area contributed by atoms with Crippen LogP contribution in [-0.4, -0.2) is 38.8 Å². The Morgan fingerprint density at radius 2 is 1.69 bits per heavy atom. The van der Waals surface area contributed by atoms with Gasteiger partial charge in [0.2, 0.25) is 0 Å². The smallest absolute Gasteiger partial charge is 0.192 e. The minimum absolute atomic E-state index is 0.0156. The molecule has 0 radical (unpaired) electrons. The zero-order valence-corrected chi connectivity index (χ0v) is 18.3. The van der Waals surface area contributed by atoms with Crippen LogP contribution in [0.25, 0.3) is 0 Å². The summed E-state index contributed by atoms with van der Waals surface area (Å²) in [6.07, 6.45) is 2.58. The van der Waals surface area contributed by atoms with Crippen molar-refractivity contribution in [1.29, 1.82) is 0 Å². The first-order chi connectivity index (χ1) is 12.5. The van der Waals surface area contributed by atoms with Crippen LogP contribution in [0.3, 0.4) is 0 Å². The lowest BCUT2D eigenvalue weighted by atomic mass is 9.90. The summed E-state index contributed by atoms with van der Waals surface area (Å²) in [4.78, 5) is 0. The summed E-state index contributed by atoms with van der Waals surface area (Å²) < 4.78 is 12.2. The molecule has 1 aromatic rings. The molecule has 0 aliphatic heterocycles. The summed E-state index contributed by atoms with van der Waals surface area (Å²) in [5, 5.41) is 10.8. The molecule has 0 saturated heterocycles. The number of hydrogen-bond donors (Lipinski definition) is 1.